The van der Waals surface area contributed by atoms with E-state index < -0.39 is 0 Å². The maximum Gasteiger partial charge on any atom is 0.123 e. The van der Waals surface area contributed by atoms with Crippen molar-refractivity contribution in [2.45, 2.75) is 51.5 Å². The Morgan fingerprint density at radius 3 is 2.31 bits per heavy atom. The number of benzene rings is 1. The fraction of sp³-hybridized carbons (Fsp3) is 0.571. The summed E-state index contributed by atoms with van der Waals surface area (Å²) in [6.07, 6.45) is 3.32. The van der Waals surface area contributed by atoms with Gasteiger partial charge in [0.1, 0.15) is 5.82 Å². The number of hydrogen-bond donors (Lipinski definition) is 1. The van der Waals surface area contributed by atoms with Crippen LogP contribution in [0.15, 0.2) is 24.3 Å². The van der Waals surface area contributed by atoms with E-state index in [4.69, 9.17) is 5.73 Å². The first kappa shape index (κ1) is 13.2. The summed E-state index contributed by atoms with van der Waals surface area (Å²) in [6, 6.07) is 6.80. The van der Waals surface area contributed by atoms with Crippen LogP contribution in [0.4, 0.5) is 4.39 Å². The summed E-state index contributed by atoms with van der Waals surface area (Å²) in [5.74, 6) is -0.193. The van der Waals surface area contributed by atoms with Crippen LogP contribution < -0.4 is 5.73 Å². The second-order valence-corrected chi connectivity index (χ2v) is 4.98. The lowest BCUT2D eigenvalue weighted by Crippen LogP contribution is -2.40. The van der Waals surface area contributed by atoms with E-state index in [1.54, 1.807) is 0 Å². The second kappa shape index (κ2) is 5.44. The Kier molecular flexibility index (Phi) is 4.48. The molecule has 1 aromatic carbocycles. The maximum atomic E-state index is 12.8. The molecule has 16 heavy (non-hydrogen) atoms. The van der Waals surface area contributed by atoms with Crippen molar-refractivity contribution in [2.75, 3.05) is 0 Å². The maximum absolute atomic E-state index is 12.8. The molecule has 0 fully saturated rings. The average molecular weight is 223 g/mol. The third kappa shape index (κ3) is 3.05. The van der Waals surface area contributed by atoms with Gasteiger partial charge in [0.15, 0.2) is 0 Å². The number of rotatable bonds is 5. The normalized spacial score (nSPS) is 13.8. The van der Waals surface area contributed by atoms with Crippen molar-refractivity contribution < 1.29 is 4.39 Å². The predicted molar refractivity (Wildman–Crippen MR) is 66.9 cm³/mol. The molecule has 1 unspecified atom stereocenters. The van der Waals surface area contributed by atoms with Gasteiger partial charge in [0, 0.05) is 11.5 Å². The van der Waals surface area contributed by atoms with Crippen LogP contribution in [-0.4, -0.2) is 6.04 Å². The molecular weight excluding hydrogens is 201 g/mol. The summed E-state index contributed by atoms with van der Waals surface area (Å²) in [5.41, 5.74) is 7.23. The Labute approximate surface area is 97.9 Å². The monoisotopic (exact) mass is 223 g/mol. The molecule has 0 amide bonds. The van der Waals surface area contributed by atoms with E-state index in [1.165, 1.54) is 12.1 Å². The summed E-state index contributed by atoms with van der Waals surface area (Å²) in [4.78, 5) is 0. The van der Waals surface area contributed by atoms with Crippen molar-refractivity contribution in [3.63, 3.8) is 0 Å². The van der Waals surface area contributed by atoms with Crippen molar-refractivity contribution in [3.05, 3.63) is 35.6 Å². The molecule has 1 atom stereocenters. The molecule has 1 rings (SSSR count). The van der Waals surface area contributed by atoms with Crippen molar-refractivity contribution in [1.29, 1.82) is 0 Å². The van der Waals surface area contributed by atoms with Gasteiger partial charge >= 0.3 is 0 Å². The van der Waals surface area contributed by atoms with Gasteiger partial charge in [-0.3, -0.25) is 0 Å². The van der Waals surface area contributed by atoms with E-state index in [0.29, 0.717) is 0 Å². The molecule has 0 bridgehead atoms. The van der Waals surface area contributed by atoms with Crippen LogP contribution in [0.1, 0.15) is 45.6 Å². The average Bonchev–Trinajstić information content (AvgIpc) is 2.26. The highest BCUT2D eigenvalue weighted by Crippen LogP contribution is 2.28. The van der Waals surface area contributed by atoms with Gasteiger partial charge in [0.05, 0.1) is 0 Å². The Morgan fingerprint density at radius 1 is 1.25 bits per heavy atom. The molecule has 0 radical (unpaired) electrons. The molecule has 0 spiro atoms. The Balaban J connectivity index is 2.79. The van der Waals surface area contributed by atoms with Crippen LogP contribution in [0.3, 0.4) is 0 Å². The van der Waals surface area contributed by atoms with Gasteiger partial charge in [0.2, 0.25) is 0 Å². The highest BCUT2D eigenvalue weighted by atomic mass is 19.1. The molecule has 0 saturated heterocycles. The van der Waals surface area contributed by atoms with Crippen molar-refractivity contribution in [3.8, 4) is 0 Å². The van der Waals surface area contributed by atoms with Crippen LogP contribution in [0.2, 0.25) is 0 Å². The lowest BCUT2D eigenvalue weighted by Gasteiger charge is -2.32. The molecule has 0 aliphatic heterocycles. The fourth-order valence-corrected chi connectivity index (χ4v) is 1.88. The molecule has 1 aromatic rings. The number of unbranched alkanes of at least 4 members (excludes halogenated alkanes) is 1. The Hall–Kier alpha value is -0.890. The Morgan fingerprint density at radius 2 is 1.81 bits per heavy atom. The molecular formula is C14H22FN. The first-order valence-corrected chi connectivity index (χ1v) is 6.00. The summed E-state index contributed by atoms with van der Waals surface area (Å²) < 4.78 is 12.8. The van der Waals surface area contributed by atoms with Gasteiger partial charge in [-0.1, -0.05) is 45.7 Å². The van der Waals surface area contributed by atoms with Crippen LogP contribution in [0, 0.1) is 5.82 Å². The fourth-order valence-electron chi connectivity index (χ4n) is 1.88. The van der Waals surface area contributed by atoms with Gasteiger partial charge in [0.25, 0.3) is 0 Å². The van der Waals surface area contributed by atoms with Gasteiger partial charge in [-0.15, -0.1) is 0 Å². The van der Waals surface area contributed by atoms with Crippen molar-refractivity contribution >= 4 is 0 Å². The van der Waals surface area contributed by atoms with Crippen LogP contribution in [0.5, 0.6) is 0 Å². The minimum Gasteiger partial charge on any atom is -0.327 e. The quantitative estimate of drug-likeness (QED) is 0.810. The third-order valence-electron chi connectivity index (χ3n) is 3.38. The SMILES string of the molecule is CCCCC(N)C(C)(C)c1ccc(F)cc1. The Bertz CT molecular complexity index is 316. The van der Waals surface area contributed by atoms with Crippen LogP contribution in [-0.2, 0) is 5.41 Å². The summed E-state index contributed by atoms with van der Waals surface area (Å²) in [6.45, 7) is 6.42. The summed E-state index contributed by atoms with van der Waals surface area (Å²) in [7, 11) is 0. The van der Waals surface area contributed by atoms with E-state index >= 15 is 0 Å². The van der Waals surface area contributed by atoms with Gasteiger partial charge in [-0.05, 0) is 24.1 Å². The zero-order valence-corrected chi connectivity index (χ0v) is 10.5. The molecule has 2 heteroatoms. The smallest absolute Gasteiger partial charge is 0.123 e. The van der Waals surface area contributed by atoms with Crippen LogP contribution >= 0.6 is 0 Å². The van der Waals surface area contributed by atoms with E-state index in [1.807, 2.05) is 12.1 Å². The standard InChI is InChI=1S/C14H22FN/c1-4-5-6-13(16)14(2,3)11-7-9-12(15)10-8-11/h7-10,13H,4-6,16H2,1-3H3. The van der Waals surface area contributed by atoms with E-state index in [9.17, 15) is 4.39 Å². The zero-order valence-electron chi connectivity index (χ0n) is 10.5. The number of nitrogens with two attached hydrogens (primary N) is 1. The third-order valence-corrected chi connectivity index (χ3v) is 3.38. The van der Waals surface area contributed by atoms with E-state index in [-0.39, 0.29) is 17.3 Å². The molecule has 0 aliphatic rings. The minimum atomic E-state index is -0.193. The lowest BCUT2D eigenvalue weighted by molar-refractivity contribution is 0.379. The summed E-state index contributed by atoms with van der Waals surface area (Å²) in [5, 5.41) is 0. The molecule has 0 aromatic heterocycles. The first-order valence-electron chi connectivity index (χ1n) is 6.00. The number of hydrogen-bond acceptors (Lipinski definition) is 1. The lowest BCUT2D eigenvalue weighted by atomic mass is 9.76. The molecule has 0 heterocycles. The molecule has 90 valence electrons. The minimum absolute atomic E-state index is 0.0944. The second-order valence-electron chi connectivity index (χ2n) is 4.98. The first-order chi connectivity index (χ1) is 7.48. The highest BCUT2D eigenvalue weighted by molar-refractivity contribution is 5.26. The van der Waals surface area contributed by atoms with Gasteiger partial charge < -0.3 is 5.73 Å². The zero-order chi connectivity index (χ0) is 12.2. The summed E-state index contributed by atoms with van der Waals surface area (Å²) >= 11 is 0. The van der Waals surface area contributed by atoms with Gasteiger partial charge in [-0.2, -0.15) is 0 Å². The molecule has 2 N–H and O–H groups in total. The highest BCUT2D eigenvalue weighted by Gasteiger charge is 2.27. The molecule has 0 saturated carbocycles. The molecule has 0 aliphatic carbocycles. The van der Waals surface area contributed by atoms with E-state index in [0.717, 1.165) is 24.8 Å². The van der Waals surface area contributed by atoms with Crippen molar-refractivity contribution in [1.82, 2.24) is 0 Å². The van der Waals surface area contributed by atoms with Gasteiger partial charge in [-0.25, -0.2) is 4.39 Å². The number of halogens is 1. The van der Waals surface area contributed by atoms with Crippen LogP contribution in [0.25, 0.3) is 0 Å². The van der Waals surface area contributed by atoms with Crippen molar-refractivity contribution in [2.24, 2.45) is 5.73 Å². The largest absolute Gasteiger partial charge is 0.327 e. The molecule has 1 nitrogen and oxygen atoms in total. The topological polar surface area (TPSA) is 26.0 Å². The predicted octanol–water partition coefficient (Wildman–Crippen LogP) is 3.62. The van der Waals surface area contributed by atoms with E-state index in [2.05, 4.69) is 20.8 Å².